The topological polar surface area (TPSA) is 68.0 Å². The van der Waals surface area contributed by atoms with Crippen molar-refractivity contribution in [1.29, 1.82) is 0 Å². The van der Waals surface area contributed by atoms with E-state index in [1.54, 1.807) is 0 Å². The van der Waals surface area contributed by atoms with E-state index in [-0.39, 0.29) is 5.91 Å². The Kier molecular flexibility index (Phi) is 2.95. The number of nitrogens with one attached hydrogen (secondary N) is 1. The Morgan fingerprint density at radius 2 is 2.11 bits per heavy atom. The van der Waals surface area contributed by atoms with Crippen molar-refractivity contribution < 1.29 is 4.79 Å². The molecular weight excluding hydrogens is 238 g/mol. The van der Waals surface area contributed by atoms with E-state index in [1.165, 1.54) is 0 Å². The molecule has 3 rings (SSSR count). The summed E-state index contributed by atoms with van der Waals surface area (Å²) in [6.45, 7) is 2.02. The number of aromatic nitrogens is 1. The van der Waals surface area contributed by atoms with Gasteiger partial charge in [-0.3, -0.25) is 15.2 Å². The molecule has 0 unspecified atom stereocenters. The highest BCUT2D eigenvalue weighted by Gasteiger charge is 2.22. The van der Waals surface area contributed by atoms with Crippen LogP contribution in [0.1, 0.15) is 40.0 Å². The first-order chi connectivity index (χ1) is 9.22. The van der Waals surface area contributed by atoms with Crippen LogP contribution in [0.15, 0.2) is 18.2 Å². The number of carbonyl (C=O) groups excluding carboxylic acids is 1. The van der Waals surface area contributed by atoms with Crippen molar-refractivity contribution in [3.63, 3.8) is 0 Å². The van der Waals surface area contributed by atoms with Gasteiger partial charge in [0, 0.05) is 11.1 Å². The van der Waals surface area contributed by atoms with Crippen molar-refractivity contribution in [2.24, 2.45) is 5.84 Å². The zero-order chi connectivity index (χ0) is 13.4. The van der Waals surface area contributed by atoms with Gasteiger partial charge < -0.3 is 0 Å². The van der Waals surface area contributed by atoms with E-state index in [4.69, 9.17) is 10.8 Å². The number of aryl methyl sites for hydroxylation is 2. The van der Waals surface area contributed by atoms with E-state index in [2.05, 4.69) is 5.43 Å². The molecule has 1 aromatic carbocycles. The number of carbonyl (C=O) groups is 1. The van der Waals surface area contributed by atoms with Crippen LogP contribution in [0.2, 0.25) is 0 Å². The maximum Gasteiger partial charge on any atom is 0.266 e. The Morgan fingerprint density at radius 1 is 1.32 bits per heavy atom. The fraction of sp³-hybridized carbons (Fsp3) is 0.333. The number of nitrogens with two attached hydrogens (primary N) is 1. The lowest BCUT2D eigenvalue weighted by Crippen LogP contribution is -2.32. The predicted molar refractivity (Wildman–Crippen MR) is 74.8 cm³/mol. The van der Waals surface area contributed by atoms with E-state index >= 15 is 0 Å². The molecule has 0 fully saturated rings. The Balaban J connectivity index is 2.40. The number of nitrogen functional groups attached to an aromatic ring is 1. The van der Waals surface area contributed by atoms with Crippen LogP contribution in [-0.4, -0.2) is 10.9 Å². The van der Waals surface area contributed by atoms with Gasteiger partial charge in [-0.15, -0.1) is 0 Å². The molecule has 0 spiro atoms. The number of rotatable bonds is 1. The number of hydrogen-bond acceptors (Lipinski definition) is 3. The van der Waals surface area contributed by atoms with Gasteiger partial charge in [0.15, 0.2) is 0 Å². The lowest BCUT2D eigenvalue weighted by atomic mass is 9.89. The SMILES string of the molecule is Cc1cccc2c(C(=O)NN)c3c(nc12)CCCC3. The smallest absolute Gasteiger partial charge is 0.266 e. The van der Waals surface area contributed by atoms with Crippen LogP contribution in [0, 0.1) is 6.92 Å². The third kappa shape index (κ3) is 1.88. The number of nitrogens with zero attached hydrogens (tertiary/aromatic N) is 1. The summed E-state index contributed by atoms with van der Waals surface area (Å²) in [6.07, 6.45) is 4.11. The van der Waals surface area contributed by atoms with Gasteiger partial charge in [0.2, 0.25) is 0 Å². The molecule has 1 amide bonds. The summed E-state index contributed by atoms with van der Waals surface area (Å²) in [5, 5.41) is 0.906. The second-order valence-electron chi connectivity index (χ2n) is 5.06. The van der Waals surface area contributed by atoms with E-state index in [0.717, 1.165) is 53.4 Å². The van der Waals surface area contributed by atoms with Gasteiger partial charge in [0.1, 0.15) is 0 Å². The predicted octanol–water partition coefficient (Wildman–Crippen LogP) is 2.03. The molecule has 1 heterocycles. The Hall–Kier alpha value is -1.94. The maximum atomic E-state index is 12.1. The van der Waals surface area contributed by atoms with Crippen molar-refractivity contribution in [2.75, 3.05) is 0 Å². The summed E-state index contributed by atoms with van der Waals surface area (Å²) in [5.74, 6) is 5.13. The fourth-order valence-corrected chi connectivity index (χ4v) is 2.92. The standard InChI is InChI=1S/C15H17N3O/c1-9-5-4-7-11-13(15(19)18-16)10-6-2-3-8-12(10)17-14(9)11/h4-5,7H,2-3,6,8,16H2,1H3,(H,18,19). The normalized spacial score (nSPS) is 14.2. The number of para-hydroxylation sites is 1. The number of benzene rings is 1. The van der Waals surface area contributed by atoms with Crippen LogP contribution in [-0.2, 0) is 12.8 Å². The summed E-state index contributed by atoms with van der Waals surface area (Å²) in [6, 6.07) is 5.94. The van der Waals surface area contributed by atoms with Gasteiger partial charge in [-0.05, 0) is 43.7 Å². The van der Waals surface area contributed by atoms with Gasteiger partial charge in [-0.2, -0.15) is 0 Å². The molecule has 2 aromatic rings. The molecule has 0 saturated heterocycles. The van der Waals surface area contributed by atoms with Crippen molar-refractivity contribution in [2.45, 2.75) is 32.6 Å². The molecule has 0 aliphatic heterocycles. The molecule has 98 valence electrons. The number of amides is 1. The molecule has 4 nitrogen and oxygen atoms in total. The lowest BCUT2D eigenvalue weighted by Gasteiger charge is -2.20. The average molecular weight is 255 g/mol. The minimum Gasteiger partial charge on any atom is -0.290 e. The van der Waals surface area contributed by atoms with Crippen LogP contribution in [0.3, 0.4) is 0 Å². The van der Waals surface area contributed by atoms with Crippen molar-refractivity contribution in [3.8, 4) is 0 Å². The minimum atomic E-state index is -0.212. The fourth-order valence-electron chi connectivity index (χ4n) is 2.92. The summed E-state index contributed by atoms with van der Waals surface area (Å²) in [4.78, 5) is 16.9. The monoisotopic (exact) mass is 255 g/mol. The molecular formula is C15H17N3O. The molecule has 0 saturated carbocycles. The largest absolute Gasteiger partial charge is 0.290 e. The number of hydrogen-bond donors (Lipinski definition) is 2. The quantitative estimate of drug-likeness (QED) is 0.465. The van der Waals surface area contributed by atoms with E-state index in [1.807, 2.05) is 25.1 Å². The molecule has 0 bridgehead atoms. The van der Waals surface area contributed by atoms with Crippen molar-refractivity contribution >= 4 is 16.8 Å². The Labute approximate surface area is 112 Å². The molecule has 0 radical (unpaired) electrons. The van der Waals surface area contributed by atoms with Crippen LogP contribution in [0.5, 0.6) is 0 Å². The van der Waals surface area contributed by atoms with Crippen molar-refractivity contribution in [3.05, 3.63) is 40.6 Å². The summed E-state index contributed by atoms with van der Waals surface area (Å²) < 4.78 is 0. The highest BCUT2D eigenvalue weighted by atomic mass is 16.2. The first-order valence-electron chi connectivity index (χ1n) is 6.64. The minimum absolute atomic E-state index is 0.212. The van der Waals surface area contributed by atoms with Crippen LogP contribution >= 0.6 is 0 Å². The zero-order valence-electron chi connectivity index (χ0n) is 11.0. The summed E-state index contributed by atoms with van der Waals surface area (Å²) >= 11 is 0. The molecule has 1 aliphatic rings. The van der Waals surface area contributed by atoms with Crippen LogP contribution in [0.4, 0.5) is 0 Å². The van der Waals surface area contributed by atoms with Crippen molar-refractivity contribution in [1.82, 2.24) is 10.4 Å². The molecule has 1 aromatic heterocycles. The second kappa shape index (κ2) is 4.63. The number of pyridine rings is 1. The number of fused-ring (bicyclic) bond motifs is 2. The molecule has 4 heteroatoms. The van der Waals surface area contributed by atoms with Gasteiger partial charge >= 0.3 is 0 Å². The first kappa shape index (κ1) is 12.1. The average Bonchev–Trinajstić information content (AvgIpc) is 2.45. The molecule has 1 aliphatic carbocycles. The molecule has 0 atom stereocenters. The van der Waals surface area contributed by atoms with Crippen LogP contribution in [0.25, 0.3) is 10.9 Å². The summed E-state index contributed by atoms with van der Waals surface area (Å²) in [7, 11) is 0. The Bertz CT molecular complexity index is 664. The van der Waals surface area contributed by atoms with Gasteiger partial charge in [0.05, 0.1) is 11.1 Å². The summed E-state index contributed by atoms with van der Waals surface area (Å²) in [5.41, 5.74) is 7.14. The molecule has 3 N–H and O–H groups in total. The third-order valence-electron chi connectivity index (χ3n) is 3.85. The zero-order valence-corrected chi connectivity index (χ0v) is 11.0. The van der Waals surface area contributed by atoms with Gasteiger partial charge in [-0.25, -0.2) is 5.84 Å². The number of hydrazine groups is 1. The van der Waals surface area contributed by atoms with E-state index < -0.39 is 0 Å². The third-order valence-corrected chi connectivity index (χ3v) is 3.85. The second-order valence-corrected chi connectivity index (χ2v) is 5.06. The van der Waals surface area contributed by atoms with E-state index in [0.29, 0.717) is 5.56 Å². The Morgan fingerprint density at radius 3 is 2.89 bits per heavy atom. The van der Waals surface area contributed by atoms with Gasteiger partial charge in [-0.1, -0.05) is 18.2 Å². The molecule has 19 heavy (non-hydrogen) atoms. The van der Waals surface area contributed by atoms with Gasteiger partial charge in [0.25, 0.3) is 5.91 Å². The highest BCUT2D eigenvalue weighted by Crippen LogP contribution is 2.30. The first-order valence-corrected chi connectivity index (χ1v) is 6.64. The van der Waals surface area contributed by atoms with E-state index in [9.17, 15) is 4.79 Å². The van der Waals surface area contributed by atoms with Crippen LogP contribution < -0.4 is 11.3 Å². The lowest BCUT2D eigenvalue weighted by molar-refractivity contribution is 0.0954. The highest BCUT2D eigenvalue weighted by molar-refractivity contribution is 6.08. The maximum absolute atomic E-state index is 12.1.